The summed E-state index contributed by atoms with van der Waals surface area (Å²) >= 11 is 0. The molecule has 0 amide bonds. The van der Waals surface area contributed by atoms with Crippen molar-refractivity contribution in [3.8, 4) is 17.0 Å². The molecule has 168 valence electrons. The monoisotopic (exact) mass is 443 g/mol. The molecular weight excluding hydrogens is 410 g/mol. The molecule has 0 bridgehead atoms. The summed E-state index contributed by atoms with van der Waals surface area (Å²) in [6, 6.07) is 9.25. The first kappa shape index (κ1) is 23.2. The Hall–Kier alpha value is -2.45. The van der Waals surface area contributed by atoms with E-state index in [4.69, 9.17) is 4.78 Å². The quantitative estimate of drug-likeness (QED) is 0.639. The van der Waals surface area contributed by atoms with E-state index in [1.807, 2.05) is 12.1 Å². The number of aromatic hydroxyl groups is 1. The maximum atomic E-state index is 11.5. The molecule has 1 atom stereocenters. The number of rotatable bonds is 5. The standard InChI is InChI=1S/C23H33N5O2S/c1-22(2)14-17(15-23(3,4)27-22)28(5)21-10-9-19(25-26-21)18-8-7-16(13-20(18)29)11-12-31(6,24)30/h7-13,17,24,27,29H,14-15H2,1-6H3/b12-11+. The summed E-state index contributed by atoms with van der Waals surface area (Å²) in [6.45, 7) is 8.92. The molecule has 1 aromatic heterocycles. The average molecular weight is 444 g/mol. The SMILES string of the molecule is CN(c1ccc(-c2ccc(/C=C/S(C)(=N)=O)cc2O)nn1)C1CC(C)(C)NC(C)(C)C1. The molecule has 1 aliphatic heterocycles. The first-order chi connectivity index (χ1) is 14.2. The van der Waals surface area contributed by atoms with Gasteiger partial charge >= 0.3 is 0 Å². The summed E-state index contributed by atoms with van der Waals surface area (Å²) in [5.74, 6) is 0.862. The molecule has 0 aliphatic carbocycles. The van der Waals surface area contributed by atoms with Gasteiger partial charge in [0.25, 0.3) is 0 Å². The highest BCUT2D eigenvalue weighted by Crippen LogP contribution is 2.33. The van der Waals surface area contributed by atoms with E-state index in [0.29, 0.717) is 22.9 Å². The normalized spacial score (nSPS) is 20.5. The van der Waals surface area contributed by atoms with Gasteiger partial charge in [0, 0.05) is 41.4 Å². The number of nitrogens with one attached hydrogen (secondary N) is 2. The van der Waals surface area contributed by atoms with Gasteiger partial charge in [0.05, 0.1) is 15.4 Å². The van der Waals surface area contributed by atoms with Crippen molar-refractivity contribution < 1.29 is 9.32 Å². The molecule has 7 nitrogen and oxygen atoms in total. The highest BCUT2D eigenvalue weighted by Gasteiger charge is 2.39. The van der Waals surface area contributed by atoms with Gasteiger partial charge in [-0.1, -0.05) is 6.07 Å². The lowest BCUT2D eigenvalue weighted by Gasteiger charge is -2.49. The zero-order valence-electron chi connectivity index (χ0n) is 19.1. The molecule has 1 aliphatic rings. The number of piperidine rings is 1. The maximum Gasteiger partial charge on any atom is 0.151 e. The van der Waals surface area contributed by atoms with Crippen molar-refractivity contribution in [3.05, 3.63) is 41.3 Å². The Morgan fingerprint density at radius 3 is 2.32 bits per heavy atom. The summed E-state index contributed by atoms with van der Waals surface area (Å²) < 4.78 is 18.9. The van der Waals surface area contributed by atoms with Gasteiger partial charge in [-0.05, 0) is 76.4 Å². The van der Waals surface area contributed by atoms with Crippen LogP contribution in [0.4, 0.5) is 5.82 Å². The number of hydrogen-bond donors (Lipinski definition) is 3. The Balaban J connectivity index is 1.79. The fourth-order valence-electron chi connectivity index (χ4n) is 4.46. The van der Waals surface area contributed by atoms with Crippen LogP contribution in [0.3, 0.4) is 0 Å². The number of phenols is 1. The smallest absolute Gasteiger partial charge is 0.151 e. The number of hydrogen-bond acceptors (Lipinski definition) is 7. The van der Waals surface area contributed by atoms with Crippen molar-refractivity contribution in [1.29, 1.82) is 4.78 Å². The van der Waals surface area contributed by atoms with Crippen LogP contribution >= 0.6 is 0 Å². The van der Waals surface area contributed by atoms with Crippen molar-refractivity contribution >= 4 is 21.6 Å². The first-order valence-corrected chi connectivity index (χ1v) is 12.4. The molecule has 31 heavy (non-hydrogen) atoms. The summed E-state index contributed by atoms with van der Waals surface area (Å²) in [5.41, 5.74) is 1.91. The minimum absolute atomic E-state index is 0.0427. The fourth-order valence-corrected chi connectivity index (χ4v) is 4.88. The van der Waals surface area contributed by atoms with Gasteiger partial charge < -0.3 is 15.3 Å². The van der Waals surface area contributed by atoms with Crippen LogP contribution in [0.25, 0.3) is 17.3 Å². The number of benzene rings is 1. The van der Waals surface area contributed by atoms with E-state index in [1.54, 1.807) is 24.3 Å². The minimum atomic E-state index is -2.73. The van der Waals surface area contributed by atoms with Crippen LogP contribution in [-0.4, -0.2) is 49.9 Å². The van der Waals surface area contributed by atoms with Crippen molar-refractivity contribution in [1.82, 2.24) is 15.5 Å². The third-order valence-corrected chi connectivity index (χ3v) is 6.20. The lowest BCUT2D eigenvalue weighted by molar-refractivity contribution is 0.160. The van der Waals surface area contributed by atoms with E-state index in [2.05, 4.69) is 55.2 Å². The third kappa shape index (κ3) is 6.04. The second kappa shape index (κ2) is 8.24. The number of aromatic nitrogens is 2. The lowest BCUT2D eigenvalue weighted by Crippen LogP contribution is -2.62. The zero-order chi connectivity index (χ0) is 23.0. The molecule has 1 saturated heterocycles. The van der Waals surface area contributed by atoms with Gasteiger partial charge in [0.2, 0.25) is 0 Å². The maximum absolute atomic E-state index is 11.5. The lowest BCUT2D eigenvalue weighted by atomic mass is 9.79. The summed E-state index contributed by atoms with van der Waals surface area (Å²) in [7, 11) is -0.670. The van der Waals surface area contributed by atoms with Crippen LogP contribution < -0.4 is 10.2 Å². The minimum Gasteiger partial charge on any atom is -0.507 e. The Labute approximate surface area is 185 Å². The first-order valence-electron chi connectivity index (χ1n) is 10.4. The third-order valence-electron chi connectivity index (χ3n) is 5.55. The van der Waals surface area contributed by atoms with E-state index in [1.165, 1.54) is 11.7 Å². The van der Waals surface area contributed by atoms with Crippen LogP contribution in [-0.2, 0) is 9.73 Å². The van der Waals surface area contributed by atoms with Crippen LogP contribution in [0, 0.1) is 4.78 Å². The molecule has 3 rings (SSSR count). The van der Waals surface area contributed by atoms with Crippen LogP contribution in [0.1, 0.15) is 46.1 Å². The second-order valence-corrected chi connectivity index (χ2v) is 11.9. The van der Waals surface area contributed by atoms with Gasteiger partial charge in [-0.25, -0.2) is 8.99 Å². The highest BCUT2D eigenvalue weighted by atomic mass is 32.2. The van der Waals surface area contributed by atoms with E-state index < -0.39 is 9.73 Å². The van der Waals surface area contributed by atoms with Crippen molar-refractivity contribution in [2.45, 2.75) is 57.7 Å². The molecule has 8 heteroatoms. The van der Waals surface area contributed by atoms with Crippen molar-refractivity contribution in [2.75, 3.05) is 18.2 Å². The topological polar surface area (TPSA) is 102 Å². The number of nitrogens with zero attached hydrogens (tertiary/aromatic N) is 3. The second-order valence-electron chi connectivity index (χ2n) is 9.83. The Morgan fingerprint density at radius 2 is 1.81 bits per heavy atom. The molecule has 2 heterocycles. The van der Waals surface area contributed by atoms with Gasteiger partial charge in [0.1, 0.15) is 5.75 Å². The summed E-state index contributed by atoms with van der Waals surface area (Å²) in [5, 5.41) is 24.2. The summed E-state index contributed by atoms with van der Waals surface area (Å²) in [6.07, 6.45) is 4.94. The van der Waals surface area contributed by atoms with Gasteiger partial charge in [-0.3, -0.25) is 0 Å². The van der Waals surface area contributed by atoms with Crippen LogP contribution in [0.15, 0.2) is 35.7 Å². The molecule has 0 saturated carbocycles. The molecular formula is C23H33N5O2S. The van der Waals surface area contributed by atoms with Crippen molar-refractivity contribution in [2.24, 2.45) is 0 Å². The fraction of sp³-hybridized carbons (Fsp3) is 0.478. The molecule has 0 radical (unpaired) electrons. The van der Waals surface area contributed by atoms with Crippen LogP contribution in [0.2, 0.25) is 0 Å². The molecule has 3 N–H and O–H groups in total. The van der Waals surface area contributed by atoms with Crippen LogP contribution in [0.5, 0.6) is 5.75 Å². The van der Waals surface area contributed by atoms with E-state index in [-0.39, 0.29) is 16.8 Å². The molecule has 1 unspecified atom stereocenters. The molecule has 0 spiro atoms. The number of anilines is 1. The van der Waals surface area contributed by atoms with E-state index in [0.717, 1.165) is 18.7 Å². The average Bonchev–Trinajstić information content (AvgIpc) is 2.63. The highest BCUT2D eigenvalue weighted by molar-refractivity contribution is 7.94. The van der Waals surface area contributed by atoms with Gasteiger partial charge in [-0.2, -0.15) is 0 Å². The zero-order valence-corrected chi connectivity index (χ0v) is 20.0. The molecule has 1 aromatic carbocycles. The summed E-state index contributed by atoms with van der Waals surface area (Å²) in [4.78, 5) is 2.19. The number of phenolic OH excluding ortho intramolecular Hbond substituents is 1. The van der Waals surface area contributed by atoms with E-state index in [9.17, 15) is 9.32 Å². The van der Waals surface area contributed by atoms with Gasteiger partial charge in [0.15, 0.2) is 5.82 Å². The van der Waals surface area contributed by atoms with Gasteiger partial charge in [-0.15, -0.1) is 10.2 Å². The Morgan fingerprint density at radius 1 is 1.16 bits per heavy atom. The molecule has 2 aromatic rings. The molecule has 1 fully saturated rings. The van der Waals surface area contributed by atoms with Crippen molar-refractivity contribution in [3.63, 3.8) is 0 Å². The predicted octanol–water partition coefficient (Wildman–Crippen LogP) is 4.24. The largest absolute Gasteiger partial charge is 0.507 e. The Kier molecular flexibility index (Phi) is 6.17. The Bertz CT molecular complexity index is 1060. The predicted molar refractivity (Wildman–Crippen MR) is 128 cm³/mol. The van der Waals surface area contributed by atoms with E-state index >= 15 is 0 Å².